The first-order valence-corrected chi connectivity index (χ1v) is 7.33. The Morgan fingerprint density at radius 1 is 1.35 bits per heavy atom. The number of benzene rings is 1. The molecule has 0 aliphatic carbocycles. The van der Waals surface area contributed by atoms with Gasteiger partial charge in [-0.3, -0.25) is 4.79 Å². The minimum Gasteiger partial charge on any atom is -0.478 e. The van der Waals surface area contributed by atoms with Crippen LogP contribution in [-0.4, -0.2) is 54.3 Å². The molecule has 1 aliphatic rings. The van der Waals surface area contributed by atoms with Gasteiger partial charge in [0.2, 0.25) is 11.5 Å². The Morgan fingerprint density at radius 3 is 2.52 bits per heavy atom. The molecule has 1 heterocycles. The van der Waals surface area contributed by atoms with Crippen LogP contribution in [0.15, 0.2) is 18.2 Å². The molecule has 1 aromatic carbocycles. The van der Waals surface area contributed by atoms with E-state index < -0.39 is 17.4 Å². The molecule has 1 fully saturated rings. The average molecular weight is 325 g/mol. The van der Waals surface area contributed by atoms with E-state index in [2.05, 4.69) is 0 Å². The monoisotopic (exact) mass is 325 g/mol. The van der Waals surface area contributed by atoms with E-state index >= 15 is 0 Å². The normalized spacial score (nSPS) is 16.9. The summed E-state index contributed by atoms with van der Waals surface area (Å²) < 4.78 is 23.7. The third-order valence-corrected chi connectivity index (χ3v) is 4.02. The lowest BCUT2D eigenvalue weighted by Crippen LogP contribution is -2.54. The Balaban J connectivity index is 2.13. The molecule has 2 rings (SSSR count). The summed E-state index contributed by atoms with van der Waals surface area (Å²) in [7, 11) is 1.43. The molecule has 1 amide bonds. The molecule has 0 spiro atoms. The van der Waals surface area contributed by atoms with E-state index in [1.807, 2.05) is 0 Å². The maximum Gasteiger partial charge on any atom is 0.348 e. The zero-order chi connectivity index (χ0) is 17.0. The minimum atomic E-state index is -1.41. The number of methoxy groups -OCH3 is 1. The number of nitrogens with zero attached hydrogens (tertiary/aromatic N) is 1. The molecule has 0 aromatic heterocycles. The van der Waals surface area contributed by atoms with Gasteiger partial charge in [-0.25, -0.2) is 9.18 Å². The first-order chi connectivity index (χ1) is 10.9. The Hall–Kier alpha value is -2.15. The lowest BCUT2D eigenvalue weighted by atomic mass is 9.91. The van der Waals surface area contributed by atoms with Gasteiger partial charge in [0.25, 0.3) is 0 Å². The second-order valence-electron chi connectivity index (χ2n) is 5.63. The number of halogens is 1. The molecule has 0 saturated carbocycles. The van der Waals surface area contributed by atoms with Gasteiger partial charge in [0.05, 0.1) is 0 Å². The summed E-state index contributed by atoms with van der Waals surface area (Å²) in [5, 5.41) is 9.60. The van der Waals surface area contributed by atoms with Gasteiger partial charge in [-0.15, -0.1) is 0 Å². The first-order valence-electron chi connectivity index (χ1n) is 7.33. The van der Waals surface area contributed by atoms with E-state index in [1.165, 1.54) is 25.3 Å². The number of amides is 1. The van der Waals surface area contributed by atoms with Gasteiger partial charge in [-0.1, -0.05) is 0 Å². The fourth-order valence-electron chi connectivity index (χ4n) is 2.63. The number of carbonyl (C=O) groups excluding carboxylic acids is 1. The highest BCUT2D eigenvalue weighted by Crippen LogP contribution is 2.31. The molecule has 6 nitrogen and oxygen atoms in total. The Kier molecular flexibility index (Phi) is 5.20. The summed E-state index contributed by atoms with van der Waals surface area (Å²) in [5.74, 6) is -1.32. The molecule has 0 unspecified atom stereocenters. The average Bonchev–Trinajstić information content (AvgIpc) is 2.51. The third kappa shape index (κ3) is 3.79. The molecule has 0 bridgehead atoms. The van der Waals surface area contributed by atoms with Crippen molar-refractivity contribution in [2.75, 3.05) is 26.8 Å². The van der Waals surface area contributed by atoms with Crippen molar-refractivity contribution in [2.45, 2.75) is 25.4 Å². The van der Waals surface area contributed by atoms with Crippen molar-refractivity contribution in [3.8, 4) is 5.75 Å². The molecule has 1 N–H and O–H groups in total. The van der Waals surface area contributed by atoms with E-state index in [4.69, 9.17) is 9.47 Å². The van der Waals surface area contributed by atoms with Gasteiger partial charge in [-0.2, -0.15) is 0 Å². The topological polar surface area (TPSA) is 76.1 Å². The van der Waals surface area contributed by atoms with Crippen LogP contribution in [0.25, 0.3) is 0 Å². The summed E-state index contributed by atoms with van der Waals surface area (Å²) in [5.41, 5.74) is -0.879. The highest BCUT2D eigenvalue weighted by molar-refractivity contribution is 5.80. The largest absolute Gasteiger partial charge is 0.478 e. The van der Waals surface area contributed by atoms with Crippen LogP contribution in [0.2, 0.25) is 0 Å². The third-order valence-electron chi connectivity index (χ3n) is 4.02. The van der Waals surface area contributed by atoms with E-state index in [-0.39, 0.29) is 38.4 Å². The molecule has 23 heavy (non-hydrogen) atoms. The summed E-state index contributed by atoms with van der Waals surface area (Å²) in [6.45, 7) is 2.17. The smallest absolute Gasteiger partial charge is 0.348 e. The highest BCUT2D eigenvalue weighted by Gasteiger charge is 2.45. The van der Waals surface area contributed by atoms with Gasteiger partial charge in [0.1, 0.15) is 18.2 Å². The van der Waals surface area contributed by atoms with Crippen molar-refractivity contribution in [3.05, 3.63) is 29.6 Å². The van der Waals surface area contributed by atoms with Crippen LogP contribution in [-0.2, 0) is 14.3 Å². The first kappa shape index (κ1) is 17.2. The molecular weight excluding hydrogens is 305 g/mol. The zero-order valence-corrected chi connectivity index (χ0v) is 13.2. The minimum absolute atomic E-state index is 0.0298. The molecule has 126 valence electrons. The van der Waals surface area contributed by atoms with Crippen molar-refractivity contribution in [3.63, 3.8) is 0 Å². The number of ether oxygens (including phenoxy) is 2. The molecule has 1 aromatic rings. The van der Waals surface area contributed by atoms with E-state index in [9.17, 15) is 19.1 Å². The number of aryl methyl sites for hydroxylation is 1. The number of carboxylic acid groups (broad SMARTS) is 1. The Bertz CT molecular complexity index is 596. The number of carbonyl (C=O) groups is 2. The number of piperidine rings is 1. The summed E-state index contributed by atoms with van der Waals surface area (Å²) in [6, 6.07) is 3.95. The lowest BCUT2D eigenvalue weighted by molar-refractivity contribution is -0.162. The van der Waals surface area contributed by atoms with Crippen LogP contribution in [0.4, 0.5) is 4.39 Å². The van der Waals surface area contributed by atoms with Crippen LogP contribution in [0.3, 0.4) is 0 Å². The van der Waals surface area contributed by atoms with Gasteiger partial charge in [-0.05, 0) is 30.7 Å². The van der Waals surface area contributed by atoms with Gasteiger partial charge < -0.3 is 19.5 Å². The summed E-state index contributed by atoms with van der Waals surface area (Å²) in [6.07, 6.45) is 0.323. The zero-order valence-electron chi connectivity index (χ0n) is 13.2. The molecule has 1 saturated heterocycles. The predicted octanol–water partition coefficient (Wildman–Crippen LogP) is 1.61. The Morgan fingerprint density at radius 2 is 2.00 bits per heavy atom. The van der Waals surface area contributed by atoms with Crippen molar-refractivity contribution < 1.29 is 28.6 Å². The predicted molar refractivity (Wildman–Crippen MR) is 79.8 cm³/mol. The van der Waals surface area contributed by atoms with E-state index in [0.29, 0.717) is 11.3 Å². The number of carboxylic acids is 1. The van der Waals surface area contributed by atoms with Gasteiger partial charge in [0, 0.05) is 33.0 Å². The van der Waals surface area contributed by atoms with Crippen LogP contribution in [0, 0.1) is 12.7 Å². The lowest BCUT2D eigenvalue weighted by Gasteiger charge is -2.39. The van der Waals surface area contributed by atoms with E-state index in [0.717, 1.165) is 0 Å². The standard InChI is InChI=1S/C16H20FNO5/c1-11-9-12(17)3-4-13(11)23-16(15(20)21)5-7-18(8-6-16)14(19)10-22-2/h3-4,9H,5-8,10H2,1-2H3,(H,20,21). The fourth-order valence-corrected chi connectivity index (χ4v) is 2.63. The highest BCUT2D eigenvalue weighted by atomic mass is 19.1. The quantitative estimate of drug-likeness (QED) is 0.890. The Labute approximate surface area is 133 Å². The van der Waals surface area contributed by atoms with Gasteiger partial charge in [0.15, 0.2) is 0 Å². The molecular formula is C16H20FNO5. The van der Waals surface area contributed by atoms with Crippen LogP contribution in [0.5, 0.6) is 5.75 Å². The van der Waals surface area contributed by atoms with Crippen molar-refractivity contribution >= 4 is 11.9 Å². The fraction of sp³-hybridized carbons (Fsp3) is 0.500. The molecule has 0 atom stereocenters. The SMILES string of the molecule is COCC(=O)N1CCC(Oc2ccc(F)cc2C)(C(=O)O)CC1. The number of rotatable bonds is 5. The number of hydrogen-bond acceptors (Lipinski definition) is 4. The number of aliphatic carboxylic acids is 1. The maximum atomic E-state index is 13.2. The molecule has 0 radical (unpaired) electrons. The van der Waals surface area contributed by atoms with Crippen molar-refractivity contribution in [2.24, 2.45) is 0 Å². The van der Waals surface area contributed by atoms with E-state index in [1.54, 1.807) is 11.8 Å². The molecule has 1 aliphatic heterocycles. The summed E-state index contributed by atoms with van der Waals surface area (Å²) in [4.78, 5) is 25.1. The molecule has 7 heteroatoms. The van der Waals surface area contributed by atoms with Crippen LogP contribution >= 0.6 is 0 Å². The summed E-state index contributed by atoms with van der Waals surface area (Å²) >= 11 is 0. The second-order valence-corrected chi connectivity index (χ2v) is 5.63. The van der Waals surface area contributed by atoms with Gasteiger partial charge >= 0.3 is 5.97 Å². The maximum absolute atomic E-state index is 13.2. The van der Waals surface area contributed by atoms with Crippen molar-refractivity contribution in [1.82, 2.24) is 4.90 Å². The number of hydrogen-bond donors (Lipinski definition) is 1. The number of likely N-dealkylation sites (tertiary alicyclic amines) is 1. The van der Waals surface area contributed by atoms with Crippen LogP contribution < -0.4 is 4.74 Å². The van der Waals surface area contributed by atoms with Crippen LogP contribution in [0.1, 0.15) is 18.4 Å². The second kappa shape index (κ2) is 6.95. The van der Waals surface area contributed by atoms with Crippen molar-refractivity contribution in [1.29, 1.82) is 0 Å².